The molecule has 30 heavy (non-hydrogen) atoms. The fraction of sp³-hybridized carbons (Fsp3) is 0.524. The van der Waals surface area contributed by atoms with Crippen molar-refractivity contribution in [3.05, 3.63) is 42.2 Å². The van der Waals surface area contributed by atoms with Crippen LogP contribution in [0.5, 0.6) is 0 Å². The molecule has 0 saturated carbocycles. The van der Waals surface area contributed by atoms with Gasteiger partial charge in [-0.2, -0.15) is 0 Å². The summed E-state index contributed by atoms with van der Waals surface area (Å²) in [5.74, 6) is 0.433. The topological polar surface area (TPSA) is 98.6 Å². The summed E-state index contributed by atoms with van der Waals surface area (Å²) < 4.78 is 13.5. The number of likely N-dealkylation sites (tertiary alicyclic amines) is 1. The summed E-state index contributed by atoms with van der Waals surface area (Å²) in [5, 5.41) is 2.94. The standard InChI is InChI=1S/C21H27N5O4/c1-3-29-18(27)14-25-10-6-21(7-11-25)20-23-9-12-26(20)13-17(30-21)19(28)24-16-5-4-8-22-15(16)2/h4-5,8-9,12,17H,3,6-7,10-11,13-14H2,1-2H3,(H,24,28). The quantitative estimate of drug-likeness (QED) is 0.741. The van der Waals surface area contributed by atoms with Gasteiger partial charge in [0, 0.05) is 31.7 Å². The number of hydrogen-bond acceptors (Lipinski definition) is 7. The van der Waals surface area contributed by atoms with Crippen LogP contribution in [0.1, 0.15) is 31.3 Å². The van der Waals surface area contributed by atoms with E-state index in [1.165, 1.54) is 0 Å². The zero-order valence-corrected chi connectivity index (χ0v) is 17.3. The summed E-state index contributed by atoms with van der Waals surface area (Å²) in [7, 11) is 0. The number of amides is 1. The molecule has 2 aliphatic heterocycles. The van der Waals surface area contributed by atoms with Gasteiger partial charge in [0.2, 0.25) is 0 Å². The van der Waals surface area contributed by atoms with E-state index >= 15 is 0 Å². The van der Waals surface area contributed by atoms with Crippen LogP contribution in [0.25, 0.3) is 0 Å². The fourth-order valence-corrected chi connectivity index (χ4v) is 4.17. The van der Waals surface area contributed by atoms with E-state index in [0.29, 0.717) is 44.8 Å². The second kappa shape index (κ2) is 8.53. The van der Waals surface area contributed by atoms with Gasteiger partial charge in [-0.3, -0.25) is 19.5 Å². The van der Waals surface area contributed by atoms with Crippen LogP contribution < -0.4 is 5.32 Å². The number of carbonyl (C=O) groups excluding carboxylic acids is 2. The molecule has 1 amide bonds. The Labute approximate surface area is 175 Å². The number of fused-ring (bicyclic) bond motifs is 2. The Hall–Kier alpha value is -2.78. The van der Waals surface area contributed by atoms with E-state index in [2.05, 4.69) is 20.2 Å². The van der Waals surface area contributed by atoms with E-state index in [0.717, 1.165) is 11.5 Å². The maximum Gasteiger partial charge on any atom is 0.320 e. The van der Waals surface area contributed by atoms with Crippen molar-refractivity contribution in [2.75, 3.05) is 31.6 Å². The van der Waals surface area contributed by atoms with Gasteiger partial charge >= 0.3 is 5.97 Å². The van der Waals surface area contributed by atoms with E-state index in [1.54, 1.807) is 25.4 Å². The molecule has 1 N–H and O–H groups in total. The number of nitrogens with zero attached hydrogens (tertiary/aromatic N) is 4. The van der Waals surface area contributed by atoms with Crippen molar-refractivity contribution in [3.63, 3.8) is 0 Å². The molecule has 9 heteroatoms. The van der Waals surface area contributed by atoms with Crippen molar-refractivity contribution in [1.29, 1.82) is 0 Å². The van der Waals surface area contributed by atoms with Crippen molar-refractivity contribution in [2.24, 2.45) is 0 Å². The van der Waals surface area contributed by atoms with Crippen LogP contribution >= 0.6 is 0 Å². The monoisotopic (exact) mass is 413 g/mol. The Morgan fingerprint density at radius 3 is 2.83 bits per heavy atom. The Morgan fingerprint density at radius 1 is 1.30 bits per heavy atom. The number of aryl methyl sites for hydroxylation is 1. The first-order valence-corrected chi connectivity index (χ1v) is 10.3. The molecule has 2 aromatic heterocycles. The number of rotatable bonds is 5. The summed E-state index contributed by atoms with van der Waals surface area (Å²) in [5.41, 5.74) is 0.798. The Bertz CT molecular complexity index is 920. The molecule has 2 aromatic rings. The van der Waals surface area contributed by atoms with Gasteiger partial charge in [-0.05, 0) is 38.8 Å². The van der Waals surface area contributed by atoms with Crippen LogP contribution in [0.4, 0.5) is 5.69 Å². The van der Waals surface area contributed by atoms with Crippen LogP contribution in [0.3, 0.4) is 0 Å². The second-order valence-electron chi connectivity index (χ2n) is 7.71. The average Bonchev–Trinajstić information content (AvgIpc) is 3.21. The minimum absolute atomic E-state index is 0.196. The molecule has 0 bridgehead atoms. The Morgan fingerprint density at radius 2 is 2.10 bits per heavy atom. The average molecular weight is 413 g/mol. The molecule has 0 radical (unpaired) electrons. The zero-order valence-electron chi connectivity index (χ0n) is 17.3. The van der Waals surface area contributed by atoms with E-state index < -0.39 is 11.7 Å². The zero-order chi connectivity index (χ0) is 21.1. The number of anilines is 1. The highest BCUT2D eigenvalue weighted by molar-refractivity contribution is 5.94. The lowest BCUT2D eigenvalue weighted by Crippen LogP contribution is -2.53. The van der Waals surface area contributed by atoms with Crippen molar-refractivity contribution in [3.8, 4) is 0 Å². The number of ether oxygens (including phenoxy) is 2. The molecule has 9 nitrogen and oxygen atoms in total. The van der Waals surface area contributed by atoms with E-state index in [-0.39, 0.29) is 18.4 Å². The number of nitrogens with one attached hydrogen (secondary N) is 1. The van der Waals surface area contributed by atoms with Gasteiger partial charge in [0.05, 0.1) is 31.1 Å². The number of pyridine rings is 1. The minimum Gasteiger partial charge on any atom is -0.465 e. The lowest BCUT2D eigenvalue weighted by molar-refractivity contribution is -0.171. The lowest BCUT2D eigenvalue weighted by atomic mass is 9.88. The van der Waals surface area contributed by atoms with Crippen LogP contribution in [0, 0.1) is 6.92 Å². The SMILES string of the molecule is CCOC(=O)CN1CCC2(CC1)OC(C(=O)Nc1cccnc1C)Cn1ccnc12. The van der Waals surface area contributed by atoms with E-state index in [1.807, 2.05) is 23.8 Å². The van der Waals surface area contributed by atoms with Crippen LogP contribution in [0.2, 0.25) is 0 Å². The third kappa shape index (κ3) is 4.08. The molecule has 0 aliphatic carbocycles. The van der Waals surface area contributed by atoms with Gasteiger partial charge in [0.15, 0.2) is 6.10 Å². The summed E-state index contributed by atoms with van der Waals surface area (Å²) in [4.78, 5) is 35.6. The molecule has 1 fully saturated rings. The van der Waals surface area contributed by atoms with Crippen molar-refractivity contribution >= 4 is 17.6 Å². The number of imidazole rings is 1. The Balaban J connectivity index is 1.47. The molecule has 4 rings (SSSR count). The number of hydrogen-bond donors (Lipinski definition) is 1. The maximum absolute atomic E-state index is 13.0. The number of esters is 1. The largest absolute Gasteiger partial charge is 0.465 e. The first-order chi connectivity index (χ1) is 14.5. The van der Waals surface area contributed by atoms with Gasteiger partial charge in [-0.15, -0.1) is 0 Å². The fourth-order valence-electron chi connectivity index (χ4n) is 4.17. The third-order valence-electron chi connectivity index (χ3n) is 5.73. The molecule has 0 aromatic carbocycles. The molecule has 1 spiro atoms. The first-order valence-electron chi connectivity index (χ1n) is 10.3. The summed E-state index contributed by atoms with van der Waals surface area (Å²) >= 11 is 0. The molecular formula is C21H27N5O4. The minimum atomic E-state index is -0.640. The van der Waals surface area contributed by atoms with Gasteiger partial charge < -0.3 is 19.4 Å². The molecule has 2 aliphatic rings. The predicted octanol–water partition coefficient (Wildman–Crippen LogP) is 1.48. The molecule has 160 valence electrons. The molecular weight excluding hydrogens is 386 g/mol. The molecule has 1 saturated heterocycles. The highest BCUT2D eigenvalue weighted by Crippen LogP contribution is 2.40. The van der Waals surface area contributed by atoms with Gasteiger partial charge in [-0.25, -0.2) is 4.98 Å². The summed E-state index contributed by atoms with van der Waals surface area (Å²) in [6, 6.07) is 3.62. The molecule has 4 heterocycles. The van der Waals surface area contributed by atoms with Crippen molar-refractivity contribution < 1.29 is 19.1 Å². The number of aromatic nitrogens is 3. The maximum atomic E-state index is 13.0. The van der Waals surface area contributed by atoms with E-state index in [4.69, 9.17) is 9.47 Å². The predicted molar refractivity (Wildman–Crippen MR) is 109 cm³/mol. The van der Waals surface area contributed by atoms with Gasteiger partial charge in [-0.1, -0.05) is 0 Å². The van der Waals surface area contributed by atoms with E-state index in [9.17, 15) is 9.59 Å². The normalized spacial score (nSPS) is 20.5. The van der Waals surface area contributed by atoms with Crippen molar-refractivity contribution in [2.45, 2.75) is 44.9 Å². The van der Waals surface area contributed by atoms with Gasteiger partial charge in [0.25, 0.3) is 5.91 Å². The second-order valence-corrected chi connectivity index (χ2v) is 7.71. The third-order valence-corrected chi connectivity index (χ3v) is 5.73. The number of carbonyl (C=O) groups is 2. The molecule has 1 unspecified atom stereocenters. The van der Waals surface area contributed by atoms with Crippen molar-refractivity contribution in [1.82, 2.24) is 19.4 Å². The summed E-state index contributed by atoms with van der Waals surface area (Å²) in [6.45, 7) is 6.05. The highest BCUT2D eigenvalue weighted by Gasteiger charge is 2.47. The number of piperidine rings is 1. The van der Waals surface area contributed by atoms with Crippen LogP contribution in [-0.2, 0) is 31.2 Å². The summed E-state index contributed by atoms with van der Waals surface area (Å²) in [6.07, 6.45) is 6.00. The Kier molecular flexibility index (Phi) is 5.83. The molecule has 1 atom stereocenters. The highest BCUT2D eigenvalue weighted by atomic mass is 16.5. The first kappa shape index (κ1) is 20.5. The van der Waals surface area contributed by atoms with Crippen LogP contribution in [-0.4, -0.2) is 63.7 Å². The smallest absolute Gasteiger partial charge is 0.320 e. The van der Waals surface area contributed by atoms with Crippen LogP contribution in [0.15, 0.2) is 30.7 Å². The van der Waals surface area contributed by atoms with Gasteiger partial charge in [0.1, 0.15) is 11.4 Å². The lowest BCUT2D eigenvalue weighted by Gasteiger charge is -2.45.